The zero-order chi connectivity index (χ0) is 12.1. The highest BCUT2D eigenvalue weighted by molar-refractivity contribution is 5.83. The molecule has 0 heterocycles. The van der Waals surface area contributed by atoms with Gasteiger partial charge in [0.05, 0.1) is 6.61 Å². The van der Waals surface area contributed by atoms with Crippen LogP contribution in [0.5, 0.6) is 5.75 Å². The van der Waals surface area contributed by atoms with Crippen LogP contribution in [0.2, 0.25) is 0 Å². The van der Waals surface area contributed by atoms with Gasteiger partial charge in [0.15, 0.2) is 0 Å². The van der Waals surface area contributed by atoms with E-state index in [1.165, 1.54) is 10.8 Å². The maximum Gasteiger partial charge on any atom is 0.119 e. The summed E-state index contributed by atoms with van der Waals surface area (Å²) in [5.74, 6) is 0.938. The molecule has 0 aliphatic rings. The predicted octanol–water partition coefficient (Wildman–Crippen LogP) is 3.35. The predicted molar refractivity (Wildman–Crippen MR) is 72.3 cm³/mol. The van der Waals surface area contributed by atoms with Crippen LogP contribution in [0.4, 0.5) is 0 Å². The van der Waals surface area contributed by atoms with Crippen LogP contribution >= 0.6 is 0 Å². The van der Waals surface area contributed by atoms with Gasteiger partial charge in [-0.2, -0.15) is 0 Å². The highest BCUT2D eigenvalue weighted by atomic mass is 16.5. The molecule has 0 aromatic heterocycles. The van der Waals surface area contributed by atoms with E-state index in [1.54, 1.807) is 0 Å². The molecule has 0 radical (unpaired) electrons. The Bertz CT molecular complexity index is 479. The van der Waals surface area contributed by atoms with Gasteiger partial charge >= 0.3 is 0 Å². The third-order valence-corrected chi connectivity index (χ3v) is 2.79. The molecule has 2 aromatic carbocycles. The molecule has 0 saturated carbocycles. The van der Waals surface area contributed by atoms with Crippen LogP contribution in [0, 0.1) is 0 Å². The molecule has 2 N–H and O–H groups in total. The molecular weight excluding hydrogens is 210 g/mol. The van der Waals surface area contributed by atoms with Gasteiger partial charge in [-0.05, 0) is 42.7 Å². The Hall–Kier alpha value is -1.54. The standard InChI is InChI=1S/C15H19NO/c1-12(16)5-4-10-17-15-9-8-13-6-2-3-7-14(13)11-15/h2-3,6-9,11-12H,4-5,10,16H2,1H3. The first kappa shape index (κ1) is 11.9. The number of hydrogen-bond donors (Lipinski definition) is 1. The summed E-state index contributed by atoms with van der Waals surface area (Å²) >= 11 is 0. The molecule has 0 saturated heterocycles. The van der Waals surface area contributed by atoms with Crippen LogP contribution in [0.3, 0.4) is 0 Å². The zero-order valence-electron chi connectivity index (χ0n) is 10.2. The van der Waals surface area contributed by atoms with Gasteiger partial charge in [0.1, 0.15) is 5.75 Å². The Balaban J connectivity index is 1.95. The lowest BCUT2D eigenvalue weighted by molar-refractivity contribution is 0.303. The number of hydrogen-bond acceptors (Lipinski definition) is 2. The van der Waals surface area contributed by atoms with Crippen molar-refractivity contribution in [2.45, 2.75) is 25.8 Å². The van der Waals surface area contributed by atoms with Crippen molar-refractivity contribution in [1.82, 2.24) is 0 Å². The van der Waals surface area contributed by atoms with Crippen molar-refractivity contribution in [3.8, 4) is 5.75 Å². The Morgan fingerprint density at radius 2 is 1.88 bits per heavy atom. The molecule has 17 heavy (non-hydrogen) atoms. The van der Waals surface area contributed by atoms with Crippen LogP contribution in [0.15, 0.2) is 42.5 Å². The van der Waals surface area contributed by atoms with Gasteiger partial charge < -0.3 is 10.5 Å². The smallest absolute Gasteiger partial charge is 0.119 e. The van der Waals surface area contributed by atoms with Crippen molar-refractivity contribution in [3.05, 3.63) is 42.5 Å². The lowest BCUT2D eigenvalue weighted by Gasteiger charge is -2.08. The third-order valence-electron chi connectivity index (χ3n) is 2.79. The average molecular weight is 229 g/mol. The van der Waals surface area contributed by atoms with Crippen molar-refractivity contribution in [3.63, 3.8) is 0 Å². The highest BCUT2D eigenvalue weighted by Gasteiger charge is 1.98. The van der Waals surface area contributed by atoms with Gasteiger partial charge in [-0.25, -0.2) is 0 Å². The molecule has 90 valence electrons. The molecular formula is C15H19NO. The number of ether oxygens (including phenoxy) is 1. The van der Waals surface area contributed by atoms with Crippen LogP contribution < -0.4 is 10.5 Å². The van der Waals surface area contributed by atoms with Crippen LogP contribution in [0.25, 0.3) is 10.8 Å². The second kappa shape index (κ2) is 5.69. The molecule has 2 aromatic rings. The second-order valence-electron chi connectivity index (χ2n) is 4.48. The lowest BCUT2D eigenvalue weighted by atomic mass is 10.1. The summed E-state index contributed by atoms with van der Waals surface area (Å²) in [7, 11) is 0. The molecule has 1 atom stereocenters. The number of nitrogens with two attached hydrogens (primary N) is 1. The van der Waals surface area contributed by atoms with Crippen molar-refractivity contribution in [2.24, 2.45) is 5.73 Å². The minimum absolute atomic E-state index is 0.259. The summed E-state index contributed by atoms with van der Waals surface area (Å²) in [6.45, 7) is 2.76. The Morgan fingerprint density at radius 3 is 2.65 bits per heavy atom. The molecule has 1 unspecified atom stereocenters. The zero-order valence-corrected chi connectivity index (χ0v) is 10.2. The summed E-state index contributed by atoms with van der Waals surface area (Å²) < 4.78 is 5.71. The van der Waals surface area contributed by atoms with Crippen LogP contribution in [0.1, 0.15) is 19.8 Å². The SMILES string of the molecule is CC(N)CCCOc1ccc2ccccc2c1. The number of benzene rings is 2. The minimum atomic E-state index is 0.259. The molecule has 0 aliphatic heterocycles. The first-order valence-corrected chi connectivity index (χ1v) is 6.13. The second-order valence-corrected chi connectivity index (χ2v) is 4.48. The third kappa shape index (κ3) is 3.46. The molecule has 0 amide bonds. The van der Waals surface area contributed by atoms with Crippen molar-refractivity contribution in [1.29, 1.82) is 0 Å². The summed E-state index contributed by atoms with van der Waals surface area (Å²) in [6, 6.07) is 14.8. The van der Waals surface area contributed by atoms with Crippen LogP contribution in [-0.2, 0) is 0 Å². The Morgan fingerprint density at radius 1 is 1.12 bits per heavy atom. The van der Waals surface area contributed by atoms with Gasteiger partial charge in [-0.1, -0.05) is 30.3 Å². The first-order valence-electron chi connectivity index (χ1n) is 6.13. The fraction of sp³-hybridized carbons (Fsp3) is 0.333. The summed E-state index contributed by atoms with van der Waals surface area (Å²) in [5.41, 5.74) is 5.69. The van der Waals surface area contributed by atoms with E-state index >= 15 is 0 Å². The molecule has 0 fully saturated rings. The van der Waals surface area contributed by atoms with Crippen molar-refractivity contribution < 1.29 is 4.74 Å². The van der Waals surface area contributed by atoms with E-state index in [4.69, 9.17) is 10.5 Å². The fourth-order valence-corrected chi connectivity index (χ4v) is 1.85. The largest absolute Gasteiger partial charge is 0.494 e. The molecule has 2 nitrogen and oxygen atoms in total. The summed E-state index contributed by atoms with van der Waals surface area (Å²) in [6.07, 6.45) is 2.01. The molecule has 0 bridgehead atoms. The van der Waals surface area contributed by atoms with E-state index in [0.29, 0.717) is 0 Å². The molecule has 0 spiro atoms. The van der Waals surface area contributed by atoms with E-state index in [0.717, 1.165) is 25.2 Å². The summed E-state index contributed by atoms with van der Waals surface area (Å²) in [4.78, 5) is 0. The quantitative estimate of drug-likeness (QED) is 0.798. The van der Waals surface area contributed by atoms with E-state index < -0.39 is 0 Å². The molecule has 0 aliphatic carbocycles. The van der Waals surface area contributed by atoms with Gasteiger partial charge in [0.25, 0.3) is 0 Å². The maximum absolute atomic E-state index is 5.71. The Kier molecular flexibility index (Phi) is 3.99. The van der Waals surface area contributed by atoms with E-state index in [-0.39, 0.29) is 6.04 Å². The summed E-state index contributed by atoms with van der Waals surface area (Å²) in [5, 5.41) is 2.47. The van der Waals surface area contributed by atoms with Gasteiger partial charge in [-0.15, -0.1) is 0 Å². The molecule has 2 heteroatoms. The van der Waals surface area contributed by atoms with Crippen LogP contribution in [-0.4, -0.2) is 12.6 Å². The monoisotopic (exact) mass is 229 g/mol. The van der Waals surface area contributed by atoms with Gasteiger partial charge in [0, 0.05) is 6.04 Å². The van der Waals surface area contributed by atoms with Gasteiger partial charge in [0.2, 0.25) is 0 Å². The first-order chi connectivity index (χ1) is 8.25. The topological polar surface area (TPSA) is 35.2 Å². The van der Waals surface area contributed by atoms with Crippen molar-refractivity contribution in [2.75, 3.05) is 6.61 Å². The Labute approximate surface area is 102 Å². The number of rotatable bonds is 5. The molecule has 2 rings (SSSR count). The van der Waals surface area contributed by atoms with Gasteiger partial charge in [-0.3, -0.25) is 0 Å². The lowest BCUT2D eigenvalue weighted by Crippen LogP contribution is -2.15. The number of fused-ring (bicyclic) bond motifs is 1. The fourth-order valence-electron chi connectivity index (χ4n) is 1.85. The van der Waals surface area contributed by atoms with E-state index in [2.05, 4.69) is 24.3 Å². The normalized spacial score (nSPS) is 12.6. The average Bonchev–Trinajstić information content (AvgIpc) is 2.34. The van der Waals surface area contributed by atoms with Crippen molar-refractivity contribution >= 4 is 10.8 Å². The van der Waals surface area contributed by atoms with E-state index in [1.807, 2.05) is 25.1 Å². The maximum atomic E-state index is 5.71. The highest BCUT2D eigenvalue weighted by Crippen LogP contribution is 2.20. The minimum Gasteiger partial charge on any atom is -0.494 e. The van der Waals surface area contributed by atoms with E-state index in [9.17, 15) is 0 Å².